The van der Waals surface area contributed by atoms with Crippen molar-refractivity contribution in [3.05, 3.63) is 78.6 Å². The zero-order chi connectivity index (χ0) is 23.2. The zero-order valence-electron chi connectivity index (χ0n) is 18.9. The van der Waals surface area contributed by atoms with E-state index in [0.29, 0.717) is 26.2 Å². The van der Waals surface area contributed by atoms with E-state index in [1.807, 2.05) is 55.6 Å². The van der Waals surface area contributed by atoms with Crippen LogP contribution in [0, 0.1) is 0 Å². The molecule has 2 N–H and O–H groups in total. The molecule has 0 saturated heterocycles. The molecule has 2 aromatic carbocycles. The Balaban J connectivity index is 1.60. The number of methoxy groups -OCH3 is 1. The van der Waals surface area contributed by atoms with Gasteiger partial charge in [-0.15, -0.1) is 0 Å². The Bertz CT molecular complexity index is 1240. The van der Waals surface area contributed by atoms with Crippen LogP contribution in [0.2, 0.25) is 0 Å². The molecule has 0 radical (unpaired) electrons. The second-order valence-electron chi connectivity index (χ2n) is 7.80. The molecule has 2 aromatic heterocycles. The second-order valence-corrected chi connectivity index (χ2v) is 7.80. The highest BCUT2D eigenvalue weighted by Crippen LogP contribution is 2.31. The second kappa shape index (κ2) is 10.2. The monoisotopic (exact) mass is 444 g/mol. The van der Waals surface area contributed by atoms with E-state index in [1.54, 1.807) is 24.4 Å². The minimum Gasteiger partial charge on any atom is -0.491 e. The lowest BCUT2D eigenvalue weighted by Gasteiger charge is -2.20. The van der Waals surface area contributed by atoms with Crippen molar-refractivity contribution in [3.63, 3.8) is 0 Å². The Labute approximate surface area is 193 Å². The lowest BCUT2D eigenvalue weighted by atomic mass is 10.1. The summed E-state index contributed by atoms with van der Waals surface area (Å²) in [5, 5.41) is 1.03. The van der Waals surface area contributed by atoms with Gasteiger partial charge in [-0.2, -0.15) is 0 Å². The van der Waals surface area contributed by atoms with Gasteiger partial charge >= 0.3 is 6.03 Å². The first-order valence-corrected chi connectivity index (χ1v) is 10.8. The summed E-state index contributed by atoms with van der Waals surface area (Å²) in [6.07, 6.45) is 4.19. The summed E-state index contributed by atoms with van der Waals surface area (Å²) >= 11 is 0. The van der Waals surface area contributed by atoms with E-state index in [1.165, 1.54) is 0 Å². The molecule has 0 spiro atoms. The van der Waals surface area contributed by atoms with E-state index in [9.17, 15) is 4.79 Å². The number of benzene rings is 2. The molecule has 170 valence electrons. The molecule has 0 bridgehead atoms. The van der Waals surface area contributed by atoms with Gasteiger partial charge in [0.1, 0.15) is 12.4 Å². The van der Waals surface area contributed by atoms with Crippen LogP contribution in [0.5, 0.6) is 5.75 Å². The van der Waals surface area contributed by atoms with E-state index in [4.69, 9.17) is 15.2 Å². The van der Waals surface area contributed by atoms with E-state index in [-0.39, 0.29) is 0 Å². The largest absolute Gasteiger partial charge is 0.491 e. The number of nitrogens with zero attached hydrogens (tertiary/aromatic N) is 3. The van der Waals surface area contributed by atoms with Crippen molar-refractivity contribution >= 4 is 22.6 Å². The molecule has 7 heteroatoms. The molecule has 0 atom stereocenters. The maximum Gasteiger partial charge on any atom is 0.319 e. The van der Waals surface area contributed by atoms with Crippen LogP contribution in [0.1, 0.15) is 5.56 Å². The first kappa shape index (κ1) is 22.4. The minimum absolute atomic E-state index is 0.472. The van der Waals surface area contributed by atoms with E-state index in [2.05, 4.69) is 21.7 Å². The number of carbonyl (C=O) groups is 1. The number of aromatic nitrogens is 2. The molecule has 33 heavy (non-hydrogen) atoms. The third kappa shape index (κ3) is 5.15. The average Bonchev–Trinajstić information content (AvgIpc) is 3.16. The SMILES string of the molecule is COCCOc1cccc(-c2cc3cc(N(CCc4ccncc4)C(N)=O)ccc3n2C)c1. The number of rotatable bonds is 9. The molecule has 0 saturated carbocycles. The van der Waals surface area contributed by atoms with Crippen molar-refractivity contribution in [2.24, 2.45) is 12.8 Å². The van der Waals surface area contributed by atoms with Crippen LogP contribution in [0.25, 0.3) is 22.2 Å². The highest BCUT2D eigenvalue weighted by atomic mass is 16.5. The predicted octanol–water partition coefficient (Wildman–Crippen LogP) is 4.39. The first-order valence-electron chi connectivity index (χ1n) is 10.8. The van der Waals surface area contributed by atoms with Gasteiger partial charge in [-0.05, 0) is 60.5 Å². The number of nitrogens with two attached hydrogens (primary N) is 1. The summed E-state index contributed by atoms with van der Waals surface area (Å²) in [5.41, 5.74) is 10.8. The molecule has 0 aliphatic rings. The Morgan fingerprint density at radius 2 is 1.88 bits per heavy atom. The number of primary amides is 1. The smallest absolute Gasteiger partial charge is 0.319 e. The Hall–Kier alpha value is -3.84. The quantitative estimate of drug-likeness (QED) is 0.388. The van der Waals surface area contributed by atoms with E-state index < -0.39 is 6.03 Å². The van der Waals surface area contributed by atoms with Gasteiger partial charge < -0.3 is 19.8 Å². The molecule has 2 amide bonds. The summed E-state index contributed by atoms with van der Waals surface area (Å²) in [6, 6.07) is 19.5. The third-order valence-corrected chi connectivity index (χ3v) is 5.66. The fraction of sp³-hybridized carbons (Fsp3) is 0.231. The number of urea groups is 1. The zero-order valence-corrected chi connectivity index (χ0v) is 18.9. The molecule has 4 rings (SSSR count). The highest BCUT2D eigenvalue weighted by Gasteiger charge is 2.15. The van der Waals surface area contributed by atoms with E-state index in [0.717, 1.165) is 39.2 Å². The van der Waals surface area contributed by atoms with Crippen molar-refractivity contribution < 1.29 is 14.3 Å². The van der Waals surface area contributed by atoms with Crippen LogP contribution in [-0.2, 0) is 18.2 Å². The number of ether oxygens (including phenoxy) is 2. The third-order valence-electron chi connectivity index (χ3n) is 5.66. The van der Waals surface area contributed by atoms with Crippen LogP contribution in [0.4, 0.5) is 10.5 Å². The molecular weight excluding hydrogens is 416 g/mol. The van der Waals surface area contributed by atoms with Gasteiger partial charge in [0.05, 0.1) is 6.61 Å². The summed E-state index contributed by atoms with van der Waals surface area (Å²) in [5.74, 6) is 0.798. The maximum absolute atomic E-state index is 12.2. The summed E-state index contributed by atoms with van der Waals surface area (Å²) in [7, 11) is 3.69. The summed E-state index contributed by atoms with van der Waals surface area (Å²) in [6.45, 7) is 1.53. The lowest BCUT2D eigenvalue weighted by Crippen LogP contribution is -2.37. The van der Waals surface area contributed by atoms with Crippen LogP contribution in [0.3, 0.4) is 0 Å². The van der Waals surface area contributed by atoms with Crippen LogP contribution >= 0.6 is 0 Å². The van der Waals surface area contributed by atoms with Crippen LogP contribution < -0.4 is 15.4 Å². The number of hydrogen-bond acceptors (Lipinski definition) is 4. The van der Waals surface area contributed by atoms with Gasteiger partial charge in [0.2, 0.25) is 0 Å². The highest BCUT2D eigenvalue weighted by molar-refractivity contribution is 5.95. The Morgan fingerprint density at radius 1 is 1.06 bits per heavy atom. The van der Waals surface area contributed by atoms with Gasteiger partial charge in [-0.3, -0.25) is 9.88 Å². The number of aryl methyl sites for hydroxylation is 1. The molecule has 7 nitrogen and oxygen atoms in total. The van der Waals surface area contributed by atoms with Gasteiger partial charge in [0.25, 0.3) is 0 Å². The molecule has 0 fully saturated rings. The van der Waals surface area contributed by atoms with Crippen molar-refractivity contribution in [2.75, 3.05) is 31.8 Å². The molecule has 4 aromatic rings. The van der Waals surface area contributed by atoms with Crippen molar-refractivity contribution in [2.45, 2.75) is 6.42 Å². The van der Waals surface area contributed by atoms with Crippen LogP contribution in [-0.4, -0.2) is 42.5 Å². The van der Waals surface area contributed by atoms with Gasteiger partial charge in [0, 0.05) is 60.9 Å². The Kier molecular flexibility index (Phi) is 6.90. The Morgan fingerprint density at radius 3 is 2.64 bits per heavy atom. The molecule has 2 heterocycles. The average molecular weight is 445 g/mol. The fourth-order valence-electron chi connectivity index (χ4n) is 3.93. The van der Waals surface area contributed by atoms with Crippen molar-refractivity contribution in [3.8, 4) is 17.0 Å². The standard InChI is InChI=1S/C26H28N4O3/c1-29-24-7-6-22(30(26(27)31)13-10-19-8-11-28-12-9-19)16-21(24)18-25(29)20-4-3-5-23(17-20)33-15-14-32-2/h3-9,11-12,16-18H,10,13-15H2,1-2H3,(H2,27,31). The number of anilines is 1. The van der Waals surface area contributed by atoms with Gasteiger partial charge in [0.15, 0.2) is 0 Å². The number of fused-ring (bicyclic) bond motifs is 1. The van der Waals surface area contributed by atoms with Crippen molar-refractivity contribution in [1.82, 2.24) is 9.55 Å². The summed E-state index contributed by atoms with van der Waals surface area (Å²) in [4.78, 5) is 17.9. The number of carbonyl (C=O) groups excluding carboxylic acids is 1. The van der Waals surface area contributed by atoms with Gasteiger partial charge in [-0.1, -0.05) is 12.1 Å². The fourth-order valence-corrected chi connectivity index (χ4v) is 3.93. The van der Waals surface area contributed by atoms with Gasteiger partial charge in [-0.25, -0.2) is 4.79 Å². The summed E-state index contributed by atoms with van der Waals surface area (Å²) < 4.78 is 13.0. The number of pyridine rings is 1. The number of hydrogen-bond donors (Lipinski definition) is 1. The normalized spacial score (nSPS) is 11.0. The lowest BCUT2D eigenvalue weighted by molar-refractivity contribution is 0.146. The topological polar surface area (TPSA) is 82.6 Å². The maximum atomic E-state index is 12.2. The molecule has 0 aliphatic carbocycles. The number of amides is 2. The first-order chi connectivity index (χ1) is 16.1. The van der Waals surface area contributed by atoms with Crippen LogP contribution in [0.15, 0.2) is 73.1 Å². The molecule has 0 aliphatic heterocycles. The molecule has 0 unspecified atom stereocenters. The minimum atomic E-state index is -0.472. The van der Waals surface area contributed by atoms with Crippen molar-refractivity contribution in [1.29, 1.82) is 0 Å². The van der Waals surface area contributed by atoms with E-state index >= 15 is 0 Å². The molecular formula is C26H28N4O3. The predicted molar refractivity (Wildman–Crippen MR) is 131 cm³/mol.